The van der Waals surface area contributed by atoms with Crippen molar-refractivity contribution in [3.8, 4) is 11.4 Å². The van der Waals surface area contributed by atoms with E-state index in [1.54, 1.807) is 0 Å². The average molecular weight is 300 g/mol. The van der Waals surface area contributed by atoms with Crippen LogP contribution >= 0.6 is 0 Å². The molecular weight excluding hydrogens is 288 g/mol. The minimum absolute atomic E-state index is 0.210. The summed E-state index contributed by atoms with van der Waals surface area (Å²) in [6.07, 6.45) is -3.57. The summed E-state index contributed by atoms with van der Waals surface area (Å²) in [5.41, 5.74) is -1.66. The van der Waals surface area contributed by atoms with Crippen molar-refractivity contribution < 1.29 is 17.6 Å². The third kappa shape index (κ3) is 3.48. The summed E-state index contributed by atoms with van der Waals surface area (Å²) in [6, 6.07) is 3.49. The molecule has 2 rings (SSSR count). The lowest BCUT2D eigenvalue weighted by molar-refractivity contribution is -0.137. The van der Waals surface area contributed by atoms with E-state index in [2.05, 4.69) is 9.97 Å². The van der Waals surface area contributed by atoms with Crippen molar-refractivity contribution in [3.63, 3.8) is 0 Å². The van der Waals surface area contributed by atoms with E-state index >= 15 is 0 Å². The Morgan fingerprint density at radius 1 is 1.24 bits per heavy atom. The predicted octanol–water partition coefficient (Wildman–Crippen LogP) is 3.55. The zero-order valence-corrected chi connectivity index (χ0v) is 11.1. The lowest BCUT2D eigenvalue weighted by Crippen LogP contribution is -2.14. The number of H-pyrrole nitrogens is 1. The van der Waals surface area contributed by atoms with E-state index < -0.39 is 23.1 Å². The monoisotopic (exact) mass is 300 g/mol. The molecule has 112 valence electrons. The minimum atomic E-state index is -4.74. The van der Waals surface area contributed by atoms with E-state index in [-0.39, 0.29) is 11.4 Å². The molecule has 0 aliphatic carbocycles. The van der Waals surface area contributed by atoms with Gasteiger partial charge >= 0.3 is 6.18 Å². The van der Waals surface area contributed by atoms with Crippen LogP contribution in [0, 0.1) is 5.82 Å². The number of aryl methyl sites for hydroxylation is 1. The van der Waals surface area contributed by atoms with Crippen LogP contribution in [-0.4, -0.2) is 9.97 Å². The average Bonchev–Trinajstić information content (AvgIpc) is 2.37. The number of nitrogens with one attached hydrogen (secondary N) is 1. The molecule has 0 saturated heterocycles. The van der Waals surface area contributed by atoms with Crippen molar-refractivity contribution >= 4 is 0 Å². The molecule has 7 heteroatoms. The Bertz CT molecular complexity index is 707. The van der Waals surface area contributed by atoms with Crippen LogP contribution in [0.5, 0.6) is 0 Å². The van der Waals surface area contributed by atoms with Gasteiger partial charge in [-0.1, -0.05) is 13.3 Å². The van der Waals surface area contributed by atoms with Crippen molar-refractivity contribution in [1.82, 2.24) is 9.97 Å². The summed E-state index contributed by atoms with van der Waals surface area (Å²) in [5.74, 6) is -1.21. The molecule has 21 heavy (non-hydrogen) atoms. The first-order valence-electron chi connectivity index (χ1n) is 6.28. The van der Waals surface area contributed by atoms with Crippen LogP contribution in [0.4, 0.5) is 17.6 Å². The van der Waals surface area contributed by atoms with E-state index in [9.17, 15) is 22.4 Å². The van der Waals surface area contributed by atoms with E-state index in [4.69, 9.17) is 0 Å². The topological polar surface area (TPSA) is 45.8 Å². The van der Waals surface area contributed by atoms with Gasteiger partial charge in [0.05, 0.1) is 5.56 Å². The molecule has 0 fully saturated rings. The zero-order valence-electron chi connectivity index (χ0n) is 11.1. The highest BCUT2D eigenvalue weighted by molar-refractivity contribution is 5.61. The predicted molar refractivity (Wildman–Crippen MR) is 69.2 cm³/mol. The molecular formula is C14H12F4N2O. The highest BCUT2D eigenvalue weighted by atomic mass is 19.4. The number of aromatic nitrogens is 2. The van der Waals surface area contributed by atoms with Crippen LogP contribution < -0.4 is 5.56 Å². The van der Waals surface area contributed by atoms with Crippen LogP contribution in [0.2, 0.25) is 0 Å². The highest BCUT2D eigenvalue weighted by Crippen LogP contribution is 2.36. The fourth-order valence-electron chi connectivity index (χ4n) is 1.98. The second-order valence-electron chi connectivity index (χ2n) is 4.52. The maximum absolute atomic E-state index is 13.1. The van der Waals surface area contributed by atoms with E-state index in [1.165, 1.54) is 6.07 Å². The largest absolute Gasteiger partial charge is 0.417 e. The van der Waals surface area contributed by atoms with E-state index in [1.807, 2.05) is 6.92 Å². The fourth-order valence-corrected chi connectivity index (χ4v) is 1.98. The van der Waals surface area contributed by atoms with E-state index in [0.29, 0.717) is 24.6 Å². The normalized spacial score (nSPS) is 11.7. The molecule has 0 atom stereocenters. The van der Waals surface area contributed by atoms with Gasteiger partial charge in [0, 0.05) is 17.3 Å². The van der Waals surface area contributed by atoms with Gasteiger partial charge in [-0.3, -0.25) is 4.79 Å². The number of hydrogen-bond acceptors (Lipinski definition) is 2. The molecule has 0 spiro atoms. The number of hydrogen-bond donors (Lipinski definition) is 1. The van der Waals surface area contributed by atoms with Crippen molar-refractivity contribution in [2.45, 2.75) is 25.9 Å². The summed E-state index contributed by atoms with van der Waals surface area (Å²) < 4.78 is 52.0. The number of halogens is 4. The molecule has 1 aromatic heterocycles. The van der Waals surface area contributed by atoms with Crippen LogP contribution in [0.25, 0.3) is 11.4 Å². The SMILES string of the molecule is CCCc1cc(=O)[nH]c(-c2ccc(F)cc2C(F)(F)F)n1. The summed E-state index contributed by atoms with van der Waals surface area (Å²) in [6.45, 7) is 1.86. The van der Waals surface area contributed by atoms with Crippen LogP contribution in [-0.2, 0) is 12.6 Å². The quantitative estimate of drug-likeness (QED) is 0.881. The molecule has 0 amide bonds. The molecule has 0 aliphatic heterocycles. The Balaban J connectivity index is 2.64. The van der Waals surface area contributed by atoms with Gasteiger partial charge in [0.25, 0.3) is 5.56 Å². The van der Waals surface area contributed by atoms with E-state index in [0.717, 1.165) is 12.1 Å². The Hall–Kier alpha value is -2.18. The van der Waals surface area contributed by atoms with Crippen LogP contribution in [0.3, 0.4) is 0 Å². The number of rotatable bonds is 3. The van der Waals surface area contributed by atoms with Gasteiger partial charge < -0.3 is 4.98 Å². The maximum Gasteiger partial charge on any atom is 0.417 e. The molecule has 3 nitrogen and oxygen atoms in total. The van der Waals surface area contributed by atoms with Gasteiger partial charge in [-0.15, -0.1) is 0 Å². The lowest BCUT2D eigenvalue weighted by atomic mass is 10.1. The third-order valence-electron chi connectivity index (χ3n) is 2.84. The number of alkyl halides is 3. The molecule has 1 heterocycles. The van der Waals surface area contributed by atoms with Crippen LogP contribution in [0.15, 0.2) is 29.1 Å². The Morgan fingerprint density at radius 2 is 1.95 bits per heavy atom. The first kappa shape index (κ1) is 15.2. The van der Waals surface area contributed by atoms with Crippen molar-refractivity contribution in [2.24, 2.45) is 0 Å². The summed E-state index contributed by atoms with van der Waals surface area (Å²) in [4.78, 5) is 17.8. The molecule has 0 saturated carbocycles. The Labute approximate surface area is 117 Å². The molecule has 2 aromatic rings. The van der Waals surface area contributed by atoms with Crippen molar-refractivity contribution in [3.05, 3.63) is 51.7 Å². The maximum atomic E-state index is 13.1. The van der Waals surface area contributed by atoms with Crippen molar-refractivity contribution in [1.29, 1.82) is 0 Å². The minimum Gasteiger partial charge on any atom is -0.307 e. The summed E-state index contributed by atoms with van der Waals surface area (Å²) >= 11 is 0. The second kappa shape index (κ2) is 5.67. The van der Waals surface area contributed by atoms with Gasteiger partial charge in [-0.25, -0.2) is 9.37 Å². The lowest BCUT2D eigenvalue weighted by Gasteiger charge is -2.12. The van der Waals surface area contributed by atoms with Crippen LogP contribution in [0.1, 0.15) is 24.6 Å². The first-order chi connectivity index (χ1) is 9.81. The Morgan fingerprint density at radius 3 is 2.57 bits per heavy atom. The van der Waals surface area contributed by atoms with Gasteiger partial charge in [0.15, 0.2) is 0 Å². The molecule has 0 bridgehead atoms. The smallest absolute Gasteiger partial charge is 0.307 e. The van der Waals surface area contributed by atoms with Gasteiger partial charge in [0.1, 0.15) is 11.6 Å². The molecule has 0 radical (unpaired) electrons. The fraction of sp³-hybridized carbons (Fsp3) is 0.286. The number of aromatic amines is 1. The first-order valence-corrected chi connectivity index (χ1v) is 6.28. The molecule has 1 N–H and O–H groups in total. The highest BCUT2D eigenvalue weighted by Gasteiger charge is 2.34. The van der Waals surface area contributed by atoms with Crippen molar-refractivity contribution in [2.75, 3.05) is 0 Å². The number of nitrogens with zero attached hydrogens (tertiary/aromatic N) is 1. The standard InChI is InChI=1S/C14H12F4N2O/c1-2-3-9-7-12(21)20-13(19-9)10-5-4-8(15)6-11(10)14(16,17)18/h4-7H,2-3H2,1H3,(H,19,20,21). The summed E-state index contributed by atoms with van der Waals surface area (Å²) in [5, 5.41) is 0. The van der Waals surface area contributed by atoms with Gasteiger partial charge in [0.2, 0.25) is 0 Å². The molecule has 1 aromatic carbocycles. The third-order valence-corrected chi connectivity index (χ3v) is 2.84. The molecule has 0 aliphatic rings. The zero-order chi connectivity index (χ0) is 15.6. The summed E-state index contributed by atoms with van der Waals surface area (Å²) in [7, 11) is 0. The Kier molecular flexibility index (Phi) is 4.11. The van der Waals surface area contributed by atoms with Gasteiger partial charge in [-0.2, -0.15) is 13.2 Å². The molecule has 0 unspecified atom stereocenters. The second-order valence-corrected chi connectivity index (χ2v) is 4.52. The van der Waals surface area contributed by atoms with Gasteiger partial charge in [-0.05, 0) is 24.6 Å². The number of benzene rings is 1.